The van der Waals surface area contributed by atoms with E-state index in [1.165, 1.54) is 38.7 Å². The van der Waals surface area contributed by atoms with Gasteiger partial charge in [-0.25, -0.2) is 0 Å². The lowest BCUT2D eigenvalue weighted by Gasteiger charge is -2.15. The fourth-order valence-corrected chi connectivity index (χ4v) is 2.74. The lowest BCUT2D eigenvalue weighted by molar-refractivity contribution is 1.13. The molecule has 0 saturated carbocycles. The molecule has 0 atom stereocenters. The molecule has 0 unspecified atom stereocenters. The van der Waals surface area contributed by atoms with Gasteiger partial charge in [0.05, 0.1) is 0 Å². The predicted octanol–water partition coefficient (Wildman–Crippen LogP) is 5.19. The van der Waals surface area contributed by atoms with Crippen LogP contribution >= 0.6 is 0 Å². The number of benzene rings is 3. The van der Waals surface area contributed by atoms with Gasteiger partial charge in [0.1, 0.15) is 0 Å². The third-order valence-corrected chi connectivity index (χ3v) is 4.04. The molecule has 0 aliphatic rings. The average molecular weight is 275 g/mol. The second-order valence-electron chi connectivity index (χ2n) is 5.96. The van der Waals surface area contributed by atoms with Gasteiger partial charge in [-0.3, -0.25) is 0 Å². The molecule has 0 N–H and O–H groups in total. The third-order valence-electron chi connectivity index (χ3n) is 4.04. The first-order valence-corrected chi connectivity index (χ1v) is 7.33. The Morgan fingerprint density at radius 1 is 0.714 bits per heavy atom. The summed E-state index contributed by atoms with van der Waals surface area (Å²) in [4.78, 5) is 2.15. The fraction of sp³-hybridized carbons (Fsp3) is 0.200. The van der Waals surface area contributed by atoms with Gasteiger partial charge in [0.2, 0.25) is 0 Å². The molecule has 0 radical (unpaired) electrons. The van der Waals surface area contributed by atoms with Crippen LogP contribution in [0.25, 0.3) is 21.9 Å². The van der Waals surface area contributed by atoms with Gasteiger partial charge in [-0.1, -0.05) is 42.0 Å². The highest BCUT2D eigenvalue weighted by Gasteiger charge is 2.05. The maximum Gasteiger partial charge on any atom is 0.0367 e. The van der Waals surface area contributed by atoms with Crippen LogP contribution in [-0.2, 0) is 0 Å². The van der Waals surface area contributed by atoms with Crippen molar-refractivity contribution < 1.29 is 0 Å². The van der Waals surface area contributed by atoms with Crippen LogP contribution in [0.2, 0.25) is 0 Å². The standard InChI is InChI=1S/C20H21N/c1-14-5-7-16(8-6-14)17-11-15(2)20-10-9-19(21(3)4)13-18(20)12-17/h5-13H,1-4H3. The van der Waals surface area contributed by atoms with Gasteiger partial charge < -0.3 is 4.90 Å². The van der Waals surface area contributed by atoms with Crippen LogP contribution in [0.5, 0.6) is 0 Å². The number of aryl methyl sites for hydroxylation is 2. The molecule has 0 heterocycles. The Hall–Kier alpha value is -2.28. The zero-order chi connectivity index (χ0) is 15.0. The van der Waals surface area contributed by atoms with Crippen molar-refractivity contribution in [2.45, 2.75) is 13.8 Å². The van der Waals surface area contributed by atoms with Crippen LogP contribution in [0.15, 0.2) is 54.6 Å². The summed E-state index contributed by atoms with van der Waals surface area (Å²) in [5, 5.41) is 2.63. The first-order valence-electron chi connectivity index (χ1n) is 7.33. The molecule has 21 heavy (non-hydrogen) atoms. The van der Waals surface area contributed by atoms with Gasteiger partial charge in [0.25, 0.3) is 0 Å². The van der Waals surface area contributed by atoms with Gasteiger partial charge in [-0.15, -0.1) is 0 Å². The quantitative estimate of drug-likeness (QED) is 0.622. The molecular formula is C20H21N. The Bertz CT molecular complexity index is 783. The van der Waals surface area contributed by atoms with Crippen LogP contribution in [0.4, 0.5) is 5.69 Å². The second-order valence-corrected chi connectivity index (χ2v) is 5.96. The minimum atomic E-state index is 1.24. The van der Waals surface area contributed by atoms with E-state index in [2.05, 4.69) is 87.4 Å². The van der Waals surface area contributed by atoms with Gasteiger partial charge in [0, 0.05) is 19.8 Å². The van der Waals surface area contributed by atoms with Crippen molar-refractivity contribution in [3.05, 3.63) is 65.7 Å². The van der Waals surface area contributed by atoms with Gasteiger partial charge in [-0.05, 0) is 59.5 Å². The van der Waals surface area contributed by atoms with E-state index < -0.39 is 0 Å². The highest BCUT2D eigenvalue weighted by Crippen LogP contribution is 2.30. The van der Waals surface area contributed by atoms with E-state index >= 15 is 0 Å². The molecule has 1 heteroatoms. The maximum absolute atomic E-state index is 2.29. The highest BCUT2D eigenvalue weighted by molar-refractivity contribution is 5.92. The zero-order valence-corrected chi connectivity index (χ0v) is 13.1. The molecule has 0 aromatic heterocycles. The van der Waals surface area contributed by atoms with Gasteiger partial charge in [0.15, 0.2) is 0 Å². The molecule has 3 rings (SSSR count). The Labute approximate surface area is 126 Å². The zero-order valence-electron chi connectivity index (χ0n) is 13.1. The fourth-order valence-electron chi connectivity index (χ4n) is 2.74. The Morgan fingerprint density at radius 3 is 2.10 bits per heavy atom. The molecule has 3 aromatic rings. The summed E-state index contributed by atoms with van der Waals surface area (Å²) in [6.45, 7) is 4.31. The number of hydrogen-bond donors (Lipinski definition) is 0. The largest absolute Gasteiger partial charge is 0.378 e. The summed E-state index contributed by atoms with van der Waals surface area (Å²) in [6.07, 6.45) is 0. The van der Waals surface area contributed by atoms with Gasteiger partial charge >= 0.3 is 0 Å². The number of hydrogen-bond acceptors (Lipinski definition) is 1. The van der Waals surface area contributed by atoms with Crippen molar-refractivity contribution in [1.29, 1.82) is 0 Å². The molecule has 0 aliphatic carbocycles. The topological polar surface area (TPSA) is 3.24 Å². The lowest BCUT2D eigenvalue weighted by Crippen LogP contribution is -2.08. The van der Waals surface area contributed by atoms with Crippen LogP contribution in [-0.4, -0.2) is 14.1 Å². The van der Waals surface area contributed by atoms with E-state index in [0.717, 1.165) is 0 Å². The minimum absolute atomic E-state index is 1.24. The van der Waals surface area contributed by atoms with E-state index in [1.807, 2.05) is 0 Å². The number of rotatable bonds is 2. The summed E-state index contributed by atoms with van der Waals surface area (Å²) in [6, 6.07) is 20.0. The predicted molar refractivity (Wildman–Crippen MR) is 93.2 cm³/mol. The number of nitrogens with zero attached hydrogens (tertiary/aromatic N) is 1. The monoisotopic (exact) mass is 275 g/mol. The van der Waals surface area contributed by atoms with Crippen molar-refractivity contribution in [2.75, 3.05) is 19.0 Å². The van der Waals surface area contributed by atoms with E-state index in [4.69, 9.17) is 0 Å². The van der Waals surface area contributed by atoms with Crippen molar-refractivity contribution in [2.24, 2.45) is 0 Å². The first-order chi connectivity index (χ1) is 10.0. The van der Waals surface area contributed by atoms with Crippen molar-refractivity contribution in [3.8, 4) is 11.1 Å². The van der Waals surface area contributed by atoms with E-state index in [0.29, 0.717) is 0 Å². The van der Waals surface area contributed by atoms with Crippen LogP contribution in [0.1, 0.15) is 11.1 Å². The van der Waals surface area contributed by atoms with E-state index in [1.54, 1.807) is 0 Å². The van der Waals surface area contributed by atoms with Crippen molar-refractivity contribution in [3.63, 3.8) is 0 Å². The summed E-state index contributed by atoms with van der Waals surface area (Å²) < 4.78 is 0. The van der Waals surface area contributed by atoms with Gasteiger partial charge in [-0.2, -0.15) is 0 Å². The smallest absolute Gasteiger partial charge is 0.0367 e. The minimum Gasteiger partial charge on any atom is -0.378 e. The number of anilines is 1. The highest BCUT2D eigenvalue weighted by atomic mass is 15.1. The summed E-state index contributed by atoms with van der Waals surface area (Å²) in [5.41, 5.74) is 6.43. The summed E-state index contributed by atoms with van der Waals surface area (Å²) in [7, 11) is 4.16. The molecule has 0 aliphatic heterocycles. The summed E-state index contributed by atoms with van der Waals surface area (Å²) >= 11 is 0. The van der Waals surface area contributed by atoms with E-state index in [9.17, 15) is 0 Å². The van der Waals surface area contributed by atoms with Crippen molar-refractivity contribution >= 4 is 16.5 Å². The van der Waals surface area contributed by atoms with Crippen LogP contribution in [0, 0.1) is 13.8 Å². The van der Waals surface area contributed by atoms with E-state index in [-0.39, 0.29) is 0 Å². The summed E-state index contributed by atoms with van der Waals surface area (Å²) in [5.74, 6) is 0. The Kier molecular flexibility index (Phi) is 3.42. The van der Waals surface area contributed by atoms with Crippen LogP contribution in [0.3, 0.4) is 0 Å². The van der Waals surface area contributed by atoms with Crippen molar-refractivity contribution in [1.82, 2.24) is 0 Å². The first kappa shape index (κ1) is 13.7. The molecule has 0 amide bonds. The molecule has 106 valence electrons. The SMILES string of the molecule is Cc1ccc(-c2cc(C)c3ccc(N(C)C)cc3c2)cc1. The maximum atomic E-state index is 2.29. The molecule has 0 spiro atoms. The Balaban J connectivity index is 2.18. The molecule has 3 aromatic carbocycles. The molecule has 0 bridgehead atoms. The van der Waals surface area contributed by atoms with Crippen LogP contribution < -0.4 is 4.90 Å². The average Bonchev–Trinajstić information content (AvgIpc) is 2.47. The lowest BCUT2D eigenvalue weighted by atomic mass is 9.96. The number of fused-ring (bicyclic) bond motifs is 1. The molecular weight excluding hydrogens is 254 g/mol. The molecule has 0 fully saturated rings. The third kappa shape index (κ3) is 2.64. The molecule has 0 saturated heterocycles. The molecule has 1 nitrogen and oxygen atoms in total. The Morgan fingerprint density at radius 2 is 1.43 bits per heavy atom. The normalized spacial score (nSPS) is 10.9. The second kappa shape index (κ2) is 5.25.